The van der Waals surface area contributed by atoms with Crippen molar-refractivity contribution in [3.8, 4) is 6.07 Å². The topological polar surface area (TPSA) is 74.7 Å². The molecule has 0 radical (unpaired) electrons. The third kappa shape index (κ3) is 2.68. The average Bonchev–Trinajstić information content (AvgIpc) is 2.34. The summed E-state index contributed by atoms with van der Waals surface area (Å²) in [6.07, 6.45) is 5.98. The molecule has 0 spiro atoms. The summed E-state index contributed by atoms with van der Waals surface area (Å²) >= 11 is 6.09. The first-order valence-corrected chi connectivity index (χ1v) is 6.17. The van der Waals surface area contributed by atoms with Crippen molar-refractivity contribution < 1.29 is 0 Å². The van der Waals surface area contributed by atoms with Gasteiger partial charge in [0.25, 0.3) is 0 Å². The van der Waals surface area contributed by atoms with Crippen molar-refractivity contribution >= 4 is 17.4 Å². The normalized spacial score (nSPS) is 24.1. The molecule has 17 heavy (non-hydrogen) atoms. The summed E-state index contributed by atoms with van der Waals surface area (Å²) in [5.41, 5.74) is 6.49. The van der Waals surface area contributed by atoms with Gasteiger partial charge in [-0.2, -0.15) is 5.26 Å². The molecule has 1 heterocycles. The van der Waals surface area contributed by atoms with Crippen molar-refractivity contribution in [2.24, 2.45) is 5.73 Å². The summed E-state index contributed by atoms with van der Waals surface area (Å²) in [6, 6.07) is 3.98. The van der Waals surface area contributed by atoms with E-state index in [1.807, 2.05) is 6.07 Å². The Labute approximate surface area is 106 Å². The zero-order valence-corrected chi connectivity index (χ0v) is 10.2. The minimum absolute atomic E-state index is 0.132. The van der Waals surface area contributed by atoms with Crippen molar-refractivity contribution in [1.82, 2.24) is 4.98 Å². The lowest BCUT2D eigenvalue weighted by atomic mass is 9.91. The Balaban J connectivity index is 2.16. The van der Waals surface area contributed by atoms with Crippen LogP contribution in [0.4, 0.5) is 5.82 Å². The number of hydrogen-bond acceptors (Lipinski definition) is 4. The fourth-order valence-corrected chi connectivity index (χ4v) is 2.35. The number of anilines is 1. The van der Waals surface area contributed by atoms with Crippen molar-refractivity contribution in [3.63, 3.8) is 0 Å². The van der Waals surface area contributed by atoms with E-state index in [2.05, 4.69) is 10.3 Å². The lowest BCUT2D eigenvalue weighted by Gasteiger charge is -2.30. The maximum Gasteiger partial charge on any atom is 0.146 e. The molecule has 1 aromatic heterocycles. The first kappa shape index (κ1) is 12.2. The van der Waals surface area contributed by atoms with Gasteiger partial charge in [0.15, 0.2) is 0 Å². The van der Waals surface area contributed by atoms with E-state index in [9.17, 15) is 0 Å². The second kappa shape index (κ2) is 5.35. The third-order valence-corrected chi connectivity index (χ3v) is 3.53. The summed E-state index contributed by atoms with van der Waals surface area (Å²) in [4.78, 5) is 4.17. The summed E-state index contributed by atoms with van der Waals surface area (Å²) in [5, 5.41) is 12.5. The standard InChI is InChI=1S/C12H15ClN4/c13-11-8(7-14)5-6-16-12(11)17-10-4-2-1-3-9(10)15/h5-6,9-10H,1-4,15H2,(H,16,17). The van der Waals surface area contributed by atoms with Crippen LogP contribution in [0.1, 0.15) is 31.2 Å². The van der Waals surface area contributed by atoms with Crippen LogP contribution in [0, 0.1) is 11.3 Å². The molecule has 3 N–H and O–H groups in total. The van der Waals surface area contributed by atoms with E-state index in [0.29, 0.717) is 16.4 Å². The van der Waals surface area contributed by atoms with Crippen LogP contribution in [-0.2, 0) is 0 Å². The predicted octanol–water partition coefficient (Wildman–Crippen LogP) is 2.29. The van der Waals surface area contributed by atoms with Gasteiger partial charge in [0, 0.05) is 18.3 Å². The monoisotopic (exact) mass is 250 g/mol. The lowest BCUT2D eigenvalue weighted by molar-refractivity contribution is 0.403. The summed E-state index contributed by atoms with van der Waals surface area (Å²) in [6.45, 7) is 0. The van der Waals surface area contributed by atoms with E-state index in [1.165, 1.54) is 12.8 Å². The SMILES string of the molecule is N#Cc1ccnc(NC2CCCCC2N)c1Cl. The zero-order valence-electron chi connectivity index (χ0n) is 9.49. The van der Waals surface area contributed by atoms with Gasteiger partial charge in [-0.25, -0.2) is 4.98 Å². The van der Waals surface area contributed by atoms with E-state index in [-0.39, 0.29) is 12.1 Å². The minimum atomic E-state index is 0.132. The number of rotatable bonds is 2. The molecule has 0 amide bonds. The Kier molecular flexibility index (Phi) is 3.82. The molecule has 90 valence electrons. The molecule has 5 heteroatoms. The van der Waals surface area contributed by atoms with Crippen molar-refractivity contribution in [3.05, 3.63) is 22.8 Å². The number of nitriles is 1. The van der Waals surface area contributed by atoms with Gasteiger partial charge in [-0.3, -0.25) is 0 Å². The molecule has 1 fully saturated rings. The average molecular weight is 251 g/mol. The highest BCUT2D eigenvalue weighted by Crippen LogP contribution is 2.26. The van der Waals surface area contributed by atoms with Crippen molar-refractivity contribution in [1.29, 1.82) is 5.26 Å². The highest BCUT2D eigenvalue weighted by molar-refractivity contribution is 6.34. The van der Waals surface area contributed by atoms with E-state index in [1.54, 1.807) is 12.3 Å². The maximum absolute atomic E-state index is 8.89. The first-order chi connectivity index (χ1) is 8.22. The van der Waals surface area contributed by atoms with E-state index < -0.39 is 0 Å². The first-order valence-electron chi connectivity index (χ1n) is 5.79. The number of nitrogens with two attached hydrogens (primary N) is 1. The molecular formula is C12H15ClN4. The number of pyridine rings is 1. The third-order valence-electron chi connectivity index (χ3n) is 3.15. The van der Waals surface area contributed by atoms with Gasteiger partial charge in [0.1, 0.15) is 16.9 Å². The second-order valence-electron chi connectivity index (χ2n) is 4.33. The summed E-state index contributed by atoms with van der Waals surface area (Å²) in [7, 11) is 0. The highest BCUT2D eigenvalue weighted by atomic mass is 35.5. The quantitative estimate of drug-likeness (QED) is 0.845. The van der Waals surface area contributed by atoms with Crippen LogP contribution in [0.2, 0.25) is 5.02 Å². The summed E-state index contributed by atoms with van der Waals surface area (Å²) in [5.74, 6) is 0.563. The summed E-state index contributed by atoms with van der Waals surface area (Å²) < 4.78 is 0. The molecule has 2 rings (SSSR count). The molecule has 4 nitrogen and oxygen atoms in total. The number of aromatic nitrogens is 1. The molecule has 1 saturated carbocycles. The van der Waals surface area contributed by atoms with Gasteiger partial charge in [0.2, 0.25) is 0 Å². The molecular weight excluding hydrogens is 236 g/mol. The number of nitrogens with zero attached hydrogens (tertiary/aromatic N) is 2. The maximum atomic E-state index is 8.89. The second-order valence-corrected chi connectivity index (χ2v) is 4.71. The number of nitrogens with one attached hydrogen (secondary N) is 1. The van der Waals surface area contributed by atoms with Gasteiger partial charge in [-0.15, -0.1) is 0 Å². The smallest absolute Gasteiger partial charge is 0.146 e. The molecule has 2 atom stereocenters. The molecule has 2 unspecified atom stereocenters. The lowest BCUT2D eigenvalue weighted by Crippen LogP contribution is -2.42. The van der Waals surface area contributed by atoms with Crippen LogP contribution in [0.5, 0.6) is 0 Å². The zero-order chi connectivity index (χ0) is 12.3. The molecule has 0 bridgehead atoms. The Hall–Kier alpha value is -1.31. The van der Waals surface area contributed by atoms with Gasteiger partial charge >= 0.3 is 0 Å². The van der Waals surface area contributed by atoms with E-state index in [0.717, 1.165) is 12.8 Å². The van der Waals surface area contributed by atoms with Crippen LogP contribution in [0.3, 0.4) is 0 Å². The van der Waals surface area contributed by atoms with Crippen LogP contribution in [-0.4, -0.2) is 17.1 Å². The number of hydrogen-bond donors (Lipinski definition) is 2. The van der Waals surface area contributed by atoms with Gasteiger partial charge in [-0.1, -0.05) is 24.4 Å². The van der Waals surface area contributed by atoms with Gasteiger partial charge < -0.3 is 11.1 Å². The largest absolute Gasteiger partial charge is 0.365 e. The van der Waals surface area contributed by atoms with Crippen LogP contribution in [0.25, 0.3) is 0 Å². The Bertz CT molecular complexity index is 441. The highest BCUT2D eigenvalue weighted by Gasteiger charge is 2.22. The Morgan fingerprint density at radius 3 is 2.94 bits per heavy atom. The van der Waals surface area contributed by atoms with Crippen LogP contribution < -0.4 is 11.1 Å². The van der Waals surface area contributed by atoms with E-state index in [4.69, 9.17) is 22.6 Å². The van der Waals surface area contributed by atoms with Crippen molar-refractivity contribution in [2.75, 3.05) is 5.32 Å². The molecule has 1 aliphatic carbocycles. The van der Waals surface area contributed by atoms with Crippen LogP contribution >= 0.6 is 11.6 Å². The number of halogens is 1. The van der Waals surface area contributed by atoms with Gasteiger partial charge in [-0.05, 0) is 18.9 Å². The fraction of sp³-hybridized carbons (Fsp3) is 0.500. The molecule has 1 aromatic rings. The molecule has 1 aliphatic rings. The molecule has 0 saturated heterocycles. The Morgan fingerprint density at radius 2 is 2.24 bits per heavy atom. The van der Waals surface area contributed by atoms with E-state index >= 15 is 0 Å². The minimum Gasteiger partial charge on any atom is -0.365 e. The van der Waals surface area contributed by atoms with Gasteiger partial charge in [0.05, 0.1) is 5.56 Å². The fourth-order valence-electron chi connectivity index (χ4n) is 2.15. The van der Waals surface area contributed by atoms with Crippen LogP contribution in [0.15, 0.2) is 12.3 Å². The van der Waals surface area contributed by atoms with Crippen molar-refractivity contribution in [2.45, 2.75) is 37.8 Å². The predicted molar refractivity (Wildman–Crippen MR) is 67.8 cm³/mol. The Morgan fingerprint density at radius 1 is 1.47 bits per heavy atom. The molecule has 0 aliphatic heterocycles. The molecule has 0 aromatic carbocycles.